The molecule has 3 nitrogen and oxygen atoms in total. The first-order chi connectivity index (χ1) is 25.2. The Balaban J connectivity index is 1.31. The molecule has 5 heterocycles. The van der Waals surface area contributed by atoms with Gasteiger partial charge in [-0.2, -0.15) is 0 Å². The van der Waals surface area contributed by atoms with E-state index in [1.807, 2.05) is 0 Å². The standard InChI is InChI=1S/C48H40GeN2O/c1-29(2)26-30-24-25-50-43(27-30)45-41(48(50)40-17-11-10-16-39(40)42-23-18-31(28-51(42)48)49(3,4)5)22-21-38-37-20-19-36-34-14-7-6-12-32(34)33-13-8-9-15-35(33)44(36)46(37)52-47(38)45/h6-25,27-29H,26H2,1-5H3/q+2. The summed E-state index contributed by atoms with van der Waals surface area (Å²) in [5, 5.41) is 9.80. The molecule has 11 rings (SSSR count). The predicted molar refractivity (Wildman–Crippen MR) is 217 cm³/mol. The maximum absolute atomic E-state index is 7.39. The second-order valence-corrected chi connectivity index (χ2v) is 27.1. The van der Waals surface area contributed by atoms with Crippen molar-refractivity contribution in [2.45, 2.75) is 43.2 Å². The SMILES string of the molecule is CC(C)Cc1cc[n+]2c(c1)-c1c(ccc3c1oc1c3ccc3c4ccccc4c4ccccc4c31)C21c2ccccc2-c2cc[c]([Ge]([CH3])([CH3])[CH3])c[n+]21. The van der Waals surface area contributed by atoms with Crippen LogP contribution in [-0.2, 0) is 12.1 Å². The van der Waals surface area contributed by atoms with Crippen molar-refractivity contribution in [2.24, 2.45) is 5.92 Å². The number of fused-ring (bicyclic) bond motifs is 21. The number of furan rings is 1. The second-order valence-electron chi connectivity index (χ2n) is 16.5. The Bertz CT molecular complexity index is 2980. The van der Waals surface area contributed by atoms with Gasteiger partial charge < -0.3 is 0 Å². The average Bonchev–Trinajstić information content (AvgIpc) is 3.77. The number of aromatic nitrogens is 2. The first-order valence-electron chi connectivity index (χ1n) is 18.7. The Kier molecular flexibility index (Phi) is 6.09. The summed E-state index contributed by atoms with van der Waals surface area (Å²) in [4.78, 5) is 0. The molecule has 4 heteroatoms. The molecule has 0 saturated carbocycles. The Morgan fingerprint density at radius 3 is 1.98 bits per heavy atom. The van der Waals surface area contributed by atoms with Crippen molar-refractivity contribution in [2.75, 3.05) is 0 Å². The molecule has 0 radical (unpaired) electrons. The minimum atomic E-state index is -2.21. The number of hydrogen-bond acceptors (Lipinski definition) is 1. The van der Waals surface area contributed by atoms with E-state index in [-0.39, 0.29) is 0 Å². The van der Waals surface area contributed by atoms with Crippen LogP contribution >= 0.6 is 0 Å². The van der Waals surface area contributed by atoms with Crippen molar-refractivity contribution in [3.63, 3.8) is 0 Å². The molecule has 1 unspecified atom stereocenters. The van der Waals surface area contributed by atoms with E-state index >= 15 is 0 Å². The van der Waals surface area contributed by atoms with Crippen molar-refractivity contribution in [3.8, 4) is 22.5 Å². The molecule has 1 atom stereocenters. The van der Waals surface area contributed by atoms with Gasteiger partial charge in [0.1, 0.15) is 0 Å². The summed E-state index contributed by atoms with van der Waals surface area (Å²) in [6.45, 7) is 4.62. The molecule has 0 bridgehead atoms. The number of hydrogen-bond donors (Lipinski definition) is 0. The molecule has 0 fully saturated rings. The summed E-state index contributed by atoms with van der Waals surface area (Å²) >= 11 is -2.21. The van der Waals surface area contributed by atoms with Crippen molar-refractivity contribution in [3.05, 3.63) is 150 Å². The fraction of sp³-hybridized carbons (Fsp3) is 0.167. The number of pyridine rings is 2. The molecule has 2 aliphatic heterocycles. The molecule has 0 N–H and O–H groups in total. The number of nitrogens with zero attached hydrogens (tertiary/aromatic N) is 2. The Morgan fingerprint density at radius 2 is 1.23 bits per heavy atom. The van der Waals surface area contributed by atoms with Crippen LogP contribution in [0.25, 0.3) is 76.8 Å². The van der Waals surface area contributed by atoms with Gasteiger partial charge in [-0.1, -0.05) is 42.5 Å². The topological polar surface area (TPSA) is 20.9 Å². The fourth-order valence-corrected chi connectivity index (χ4v) is 12.0. The fourth-order valence-electron chi connectivity index (χ4n) is 9.67. The maximum atomic E-state index is 7.39. The van der Waals surface area contributed by atoms with Crippen LogP contribution < -0.4 is 13.5 Å². The van der Waals surface area contributed by atoms with Crippen LogP contribution in [0.15, 0.2) is 138 Å². The van der Waals surface area contributed by atoms with Gasteiger partial charge in [0.15, 0.2) is 0 Å². The van der Waals surface area contributed by atoms with Gasteiger partial charge in [-0.3, -0.25) is 0 Å². The zero-order chi connectivity index (χ0) is 35.1. The van der Waals surface area contributed by atoms with E-state index in [0.29, 0.717) is 5.92 Å². The van der Waals surface area contributed by atoms with Gasteiger partial charge in [-0.25, -0.2) is 0 Å². The van der Waals surface area contributed by atoms with Crippen molar-refractivity contribution < 1.29 is 13.6 Å². The summed E-state index contributed by atoms with van der Waals surface area (Å²) in [6, 6.07) is 45.6. The van der Waals surface area contributed by atoms with E-state index in [9.17, 15) is 0 Å². The van der Waals surface area contributed by atoms with Crippen molar-refractivity contribution in [1.29, 1.82) is 0 Å². The van der Waals surface area contributed by atoms with Gasteiger partial charge in [-0.15, -0.1) is 0 Å². The van der Waals surface area contributed by atoms with Gasteiger partial charge in [0, 0.05) is 0 Å². The quantitative estimate of drug-likeness (QED) is 0.101. The van der Waals surface area contributed by atoms with E-state index in [2.05, 4.69) is 174 Å². The van der Waals surface area contributed by atoms with E-state index in [1.165, 1.54) is 86.7 Å². The zero-order valence-corrected chi connectivity index (χ0v) is 32.4. The van der Waals surface area contributed by atoms with Crippen LogP contribution in [0.4, 0.5) is 0 Å². The van der Waals surface area contributed by atoms with E-state index < -0.39 is 18.9 Å². The third kappa shape index (κ3) is 3.82. The van der Waals surface area contributed by atoms with E-state index in [1.54, 1.807) is 0 Å². The van der Waals surface area contributed by atoms with Crippen LogP contribution in [0.1, 0.15) is 30.5 Å². The molecule has 6 aromatic carbocycles. The number of rotatable bonds is 3. The first kappa shape index (κ1) is 30.4. The van der Waals surface area contributed by atoms with Crippen LogP contribution in [-0.4, -0.2) is 13.3 Å². The molecule has 1 spiro atoms. The molecule has 2 aliphatic rings. The Labute approximate surface area is 306 Å². The summed E-state index contributed by atoms with van der Waals surface area (Å²) in [5.74, 6) is 8.04. The monoisotopic (exact) mass is 734 g/mol. The molecular formula is C48H40GeN2O+2. The molecule has 0 saturated heterocycles. The molecule has 0 amide bonds. The van der Waals surface area contributed by atoms with Gasteiger partial charge in [0.05, 0.1) is 0 Å². The Morgan fingerprint density at radius 1 is 0.596 bits per heavy atom. The molecule has 0 aliphatic carbocycles. The van der Waals surface area contributed by atoms with Crippen molar-refractivity contribution >= 4 is 71.9 Å². The molecule has 9 aromatic rings. The average molecular weight is 733 g/mol. The van der Waals surface area contributed by atoms with Gasteiger partial charge in [-0.05, 0) is 5.39 Å². The third-order valence-corrected chi connectivity index (χ3v) is 16.2. The van der Waals surface area contributed by atoms with Crippen LogP contribution in [0.2, 0.25) is 17.3 Å². The minimum absolute atomic E-state index is 0.553. The van der Waals surface area contributed by atoms with Crippen molar-refractivity contribution in [1.82, 2.24) is 0 Å². The van der Waals surface area contributed by atoms with Gasteiger partial charge in [0.2, 0.25) is 0 Å². The molecule has 3 aromatic heterocycles. The van der Waals surface area contributed by atoms with Crippen LogP contribution in [0.5, 0.6) is 0 Å². The third-order valence-electron chi connectivity index (χ3n) is 11.9. The normalized spacial score (nSPS) is 16.1. The Hall–Kier alpha value is -5.26. The number of benzene rings is 6. The summed E-state index contributed by atoms with van der Waals surface area (Å²) in [7, 11) is 0. The molecule has 52 heavy (non-hydrogen) atoms. The molecule has 250 valence electrons. The van der Waals surface area contributed by atoms with E-state index in [0.717, 1.165) is 17.6 Å². The predicted octanol–water partition coefficient (Wildman–Crippen LogP) is 10.6. The second kappa shape index (κ2) is 10.4. The first-order valence-corrected chi connectivity index (χ1v) is 26.0. The zero-order valence-electron chi connectivity index (χ0n) is 30.3. The molecular weight excluding hydrogens is 693 g/mol. The summed E-state index contributed by atoms with van der Waals surface area (Å²) in [6.07, 6.45) is 5.88. The summed E-state index contributed by atoms with van der Waals surface area (Å²) < 4.78 is 14.0. The van der Waals surface area contributed by atoms with Gasteiger partial charge in [0.25, 0.3) is 0 Å². The van der Waals surface area contributed by atoms with Crippen LogP contribution in [0.3, 0.4) is 0 Å². The summed E-state index contributed by atoms with van der Waals surface area (Å²) in [5.41, 5.74) is 10.3. The van der Waals surface area contributed by atoms with Crippen LogP contribution in [0, 0.1) is 5.92 Å². The van der Waals surface area contributed by atoms with E-state index in [4.69, 9.17) is 4.42 Å². The van der Waals surface area contributed by atoms with Gasteiger partial charge >= 0.3 is 260 Å².